The number of methoxy groups -OCH3 is 1. The van der Waals surface area contributed by atoms with Crippen molar-refractivity contribution in [2.75, 3.05) is 25.2 Å². The maximum atomic E-state index is 5.64. The average molecular weight is 231 g/mol. The molecule has 1 aromatic rings. The maximum absolute atomic E-state index is 5.64. The van der Waals surface area contributed by atoms with E-state index in [0.717, 1.165) is 28.8 Å². The maximum Gasteiger partial charge on any atom is 0.123 e. The Kier molecular flexibility index (Phi) is 3.81. The smallest absolute Gasteiger partial charge is 0.123 e. The van der Waals surface area contributed by atoms with Crippen molar-refractivity contribution in [3.63, 3.8) is 0 Å². The normalized spacial score (nSPS) is 22.5. The molecule has 0 aliphatic carbocycles. The number of aromatic nitrogens is 1. The Morgan fingerprint density at radius 3 is 3.36 bits per heavy atom. The van der Waals surface area contributed by atoms with E-state index in [-0.39, 0.29) is 6.10 Å². The third kappa shape index (κ3) is 2.48. The molecule has 1 fully saturated rings. The predicted octanol–water partition coefficient (Wildman–Crippen LogP) is 2.09. The number of thiazole rings is 1. The number of thioether (sulfide) groups is 1. The largest absolute Gasteiger partial charge is 0.378 e. The van der Waals surface area contributed by atoms with Crippen LogP contribution in [0, 0.1) is 0 Å². The van der Waals surface area contributed by atoms with Gasteiger partial charge >= 0.3 is 0 Å². The highest BCUT2D eigenvalue weighted by molar-refractivity contribution is 7.99. The number of ether oxygens (including phenoxy) is 2. The van der Waals surface area contributed by atoms with Crippen LogP contribution in [0.25, 0.3) is 0 Å². The zero-order valence-electron chi connectivity index (χ0n) is 8.06. The minimum atomic E-state index is 0.198. The minimum absolute atomic E-state index is 0.198. The predicted molar refractivity (Wildman–Crippen MR) is 58.8 cm³/mol. The summed E-state index contributed by atoms with van der Waals surface area (Å²) in [6.45, 7) is 1.44. The lowest BCUT2D eigenvalue weighted by Crippen LogP contribution is -2.15. The van der Waals surface area contributed by atoms with Gasteiger partial charge in [0.1, 0.15) is 11.1 Å². The molecule has 2 rings (SSSR count). The highest BCUT2D eigenvalue weighted by Crippen LogP contribution is 2.28. The van der Waals surface area contributed by atoms with Crippen LogP contribution in [0.1, 0.15) is 16.8 Å². The molecule has 1 aromatic heterocycles. The van der Waals surface area contributed by atoms with Crippen LogP contribution in [-0.4, -0.2) is 30.2 Å². The topological polar surface area (TPSA) is 31.4 Å². The molecule has 14 heavy (non-hydrogen) atoms. The fourth-order valence-electron chi connectivity index (χ4n) is 1.32. The van der Waals surface area contributed by atoms with E-state index in [9.17, 15) is 0 Å². The second-order valence-electron chi connectivity index (χ2n) is 3.04. The number of rotatable bonds is 3. The van der Waals surface area contributed by atoms with Crippen molar-refractivity contribution in [3.05, 3.63) is 16.1 Å². The SMILES string of the molecule is COCc1csc(C2CSCCO2)n1. The monoisotopic (exact) mass is 231 g/mol. The molecule has 0 spiro atoms. The molecule has 5 heteroatoms. The van der Waals surface area contributed by atoms with Crippen molar-refractivity contribution in [1.29, 1.82) is 0 Å². The summed E-state index contributed by atoms with van der Waals surface area (Å²) in [6, 6.07) is 0. The Bertz CT molecular complexity index is 284. The van der Waals surface area contributed by atoms with E-state index in [1.807, 2.05) is 17.1 Å². The van der Waals surface area contributed by atoms with Gasteiger partial charge in [0.15, 0.2) is 0 Å². The van der Waals surface area contributed by atoms with Crippen molar-refractivity contribution in [2.45, 2.75) is 12.7 Å². The van der Waals surface area contributed by atoms with E-state index in [4.69, 9.17) is 9.47 Å². The molecule has 0 bridgehead atoms. The van der Waals surface area contributed by atoms with E-state index in [0.29, 0.717) is 6.61 Å². The first kappa shape index (κ1) is 10.4. The Balaban J connectivity index is 2.00. The Hall–Kier alpha value is -0.100. The van der Waals surface area contributed by atoms with Gasteiger partial charge in [-0.05, 0) is 0 Å². The molecule has 2 heterocycles. The summed E-state index contributed by atoms with van der Waals surface area (Å²) in [6.07, 6.45) is 0.198. The second kappa shape index (κ2) is 5.11. The Labute approximate surface area is 91.8 Å². The quantitative estimate of drug-likeness (QED) is 0.797. The van der Waals surface area contributed by atoms with Crippen LogP contribution >= 0.6 is 23.1 Å². The summed E-state index contributed by atoms with van der Waals surface area (Å²) in [5.74, 6) is 2.13. The fraction of sp³-hybridized carbons (Fsp3) is 0.667. The van der Waals surface area contributed by atoms with Gasteiger partial charge in [-0.2, -0.15) is 11.8 Å². The van der Waals surface area contributed by atoms with Crippen LogP contribution in [0.5, 0.6) is 0 Å². The number of nitrogens with zero attached hydrogens (tertiary/aromatic N) is 1. The molecule has 1 atom stereocenters. The zero-order chi connectivity index (χ0) is 9.80. The van der Waals surface area contributed by atoms with Crippen LogP contribution in [0.2, 0.25) is 0 Å². The van der Waals surface area contributed by atoms with Crippen molar-refractivity contribution < 1.29 is 9.47 Å². The van der Waals surface area contributed by atoms with Crippen molar-refractivity contribution in [1.82, 2.24) is 4.98 Å². The first-order valence-electron chi connectivity index (χ1n) is 4.52. The molecule has 0 saturated carbocycles. The molecule has 1 aliphatic heterocycles. The van der Waals surface area contributed by atoms with Gasteiger partial charge in [-0.3, -0.25) is 0 Å². The molecule has 0 amide bonds. The third-order valence-corrected chi connectivity index (χ3v) is 3.93. The molecular formula is C9H13NO2S2. The first-order valence-corrected chi connectivity index (χ1v) is 6.56. The highest BCUT2D eigenvalue weighted by Gasteiger charge is 2.19. The summed E-state index contributed by atoms with van der Waals surface area (Å²) in [4.78, 5) is 4.48. The van der Waals surface area contributed by atoms with Gasteiger partial charge in [0, 0.05) is 24.0 Å². The molecule has 0 N–H and O–H groups in total. The van der Waals surface area contributed by atoms with Crippen molar-refractivity contribution in [3.8, 4) is 0 Å². The second-order valence-corrected chi connectivity index (χ2v) is 5.08. The lowest BCUT2D eigenvalue weighted by molar-refractivity contribution is 0.0751. The van der Waals surface area contributed by atoms with Crippen LogP contribution in [0.3, 0.4) is 0 Å². The molecule has 1 aliphatic rings. The van der Waals surface area contributed by atoms with Gasteiger partial charge in [0.25, 0.3) is 0 Å². The summed E-state index contributed by atoms with van der Waals surface area (Å²) >= 11 is 3.60. The molecule has 1 unspecified atom stereocenters. The highest BCUT2D eigenvalue weighted by atomic mass is 32.2. The minimum Gasteiger partial charge on any atom is -0.378 e. The van der Waals surface area contributed by atoms with Gasteiger partial charge in [-0.15, -0.1) is 11.3 Å². The summed E-state index contributed by atoms with van der Waals surface area (Å²) in [5, 5.41) is 3.13. The Morgan fingerprint density at radius 2 is 2.64 bits per heavy atom. The summed E-state index contributed by atoms with van der Waals surface area (Å²) in [5.41, 5.74) is 1.01. The molecule has 1 saturated heterocycles. The molecule has 3 nitrogen and oxygen atoms in total. The molecule has 0 aromatic carbocycles. The van der Waals surface area contributed by atoms with Crippen molar-refractivity contribution >= 4 is 23.1 Å². The summed E-state index contributed by atoms with van der Waals surface area (Å²) in [7, 11) is 1.69. The Morgan fingerprint density at radius 1 is 1.71 bits per heavy atom. The van der Waals surface area contributed by atoms with Crippen LogP contribution in [0.15, 0.2) is 5.38 Å². The number of hydrogen-bond donors (Lipinski definition) is 0. The van der Waals surface area contributed by atoms with Gasteiger partial charge in [0.2, 0.25) is 0 Å². The van der Waals surface area contributed by atoms with Crippen LogP contribution in [-0.2, 0) is 16.1 Å². The standard InChI is InChI=1S/C9H13NO2S2/c1-11-4-7-5-14-9(10-7)8-6-13-3-2-12-8/h5,8H,2-4,6H2,1H3. The van der Waals surface area contributed by atoms with Gasteiger partial charge < -0.3 is 9.47 Å². The lowest BCUT2D eigenvalue weighted by Gasteiger charge is -2.19. The van der Waals surface area contributed by atoms with E-state index < -0.39 is 0 Å². The van der Waals surface area contributed by atoms with E-state index in [2.05, 4.69) is 4.98 Å². The van der Waals surface area contributed by atoms with Gasteiger partial charge in [-0.1, -0.05) is 0 Å². The van der Waals surface area contributed by atoms with Crippen LogP contribution in [0.4, 0.5) is 0 Å². The van der Waals surface area contributed by atoms with E-state index >= 15 is 0 Å². The lowest BCUT2D eigenvalue weighted by atomic mass is 10.4. The van der Waals surface area contributed by atoms with Gasteiger partial charge in [-0.25, -0.2) is 4.98 Å². The zero-order valence-corrected chi connectivity index (χ0v) is 9.70. The van der Waals surface area contributed by atoms with Crippen molar-refractivity contribution in [2.24, 2.45) is 0 Å². The fourth-order valence-corrected chi connectivity index (χ4v) is 3.12. The molecular weight excluding hydrogens is 218 g/mol. The van der Waals surface area contributed by atoms with Crippen LogP contribution < -0.4 is 0 Å². The summed E-state index contributed by atoms with van der Waals surface area (Å²) < 4.78 is 10.7. The molecule has 0 radical (unpaired) electrons. The van der Waals surface area contributed by atoms with Gasteiger partial charge in [0.05, 0.1) is 18.9 Å². The first-order chi connectivity index (χ1) is 6.90. The van der Waals surface area contributed by atoms with E-state index in [1.54, 1.807) is 18.4 Å². The van der Waals surface area contributed by atoms with E-state index in [1.165, 1.54) is 0 Å². The number of hydrogen-bond acceptors (Lipinski definition) is 5. The molecule has 78 valence electrons. The third-order valence-electron chi connectivity index (χ3n) is 1.95. The average Bonchev–Trinajstić information content (AvgIpc) is 2.68.